The molecule has 300 valence electrons. The van der Waals surface area contributed by atoms with Crippen molar-refractivity contribution >= 4 is 55.9 Å². The van der Waals surface area contributed by atoms with E-state index in [1.165, 1.54) is 83.1 Å². The van der Waals surface area contributed by atoms with Crippen LogP contribution < -0.4 is 15.5 Å². The van der Waals surface area contributed by atoms with Gasteiger partial charge < -0.3 is 14.8 Å². The monoisotopic (exact) mass is 801 g/mol. The number of anilines is 2. The van der Waals surface area contributed by atoms with Crippen LogP contribution in [0.5, 0.6) is 0 Å². The fourth-order valence-electron chi connectivity index (χ4n) is 11.5. The first-order chi connectivity index (χ1) is 30.8. The molecule has 0 radical (unpaired) electrons. The van der Waals surface area contributed by atoms with Gasteiger partial charge in [-0.3, -0.25) is 5.32 Å². The molecule has 6 aromatic carbocycles. The topological polar surface area (TPSA) is 44.6 Å². The number of fused-ring (bicyclic) bond motifs is 10. The van der Waals surface area contributed by atoms with Gasteiger partial charge in [0.2, 0.25) is 0 Å². The molecule has 0 amide bonds. The Morgan fingerprint density at radius 3 is 2.47 bits per heavy atom. The average Bonchev–Trinajstić information content (AvgIpc) is 3.86. The van der Waals surface area contributed by atoms with Crippen molar-refractivity contribution in [2.24, 2.45) is 10.9 Å². The lowest BCUT2D eigenvalue weighted by atomic mass is 9.71. The predicted molar refractivity (Wildman–Crippen MR) is 257 cm³/mol. The molecular weight excluding hydrogens is 755 g/mol. The molecule has 4 aliphatic carbocycles. The van der Waals surface area contributed by atoms with Crippen molar-refractivity contribution in [3.8, 4) is 0 Å². The van der Waals surface area contributed by atoms with Gasteiger partial charge in [-0.05, 0) is 95.7 Å². The predicted octanol–water partition coefficient (Wildman–Crippen LogP) is 13.0. The Morgan fingerprint density at radius 2 is 1.53 bits per heavy atom. The highest BCUT2D eigenvalue weighted by molar-refractivity contribution is 6.11. The summed E-state index contributed by atoms with van der Waals surface area (Å²) in [5.41, 5.74) is 15.8. The van der Waals surface area contributed by atoms with Crippen LogP contribution in [0, 0.1) is 5.92 Å². The molecule has 2 aliphatic heterocycles. The lowest BCUT2D eigenvalue weighted by Crippen LogP contribution is -2.49. The standard InChI is InChI=1S/C57H47N5/c1-3-17-38(18-4-1)55-58-56(39-19-5-2-6-20-39)60-57(59-55)41-31-30-37-22-15-29-50(47(37)34-41)61-49-28-14-12-26-46(49)52-51(61)35-40-21-8-10-24-43(40)54(52)62-48-27-13-11-25-44(48)45-33-32-36-16-7-9-23-42(36)53(45)62/h1-5,8-15,17-19,21-23,25-35,43,52,54,56-57,60H,6-7,16,20,24H2,(H,58,59). The molecule has 0 saturated carbocycles. The van der Waals surface area contributed by atoms with Gasteiger partial charge in [0.05, 0.1) is 17.2 Å². The summed E-state index contributed by atoms with van der Waals surface area (Å²) in [4.78, 5) is 7.86. The van der Waals surface area contributed by atoms with Crippen LogP contribution >= 0.6 is 0 Å². The minimum Gasteiger partial charge on any atom is -0.350 e. The van der Waals surface area contributed by atoms with Crippen molar-refractivity contribution in [3.05, 3.63) is 221 Å². The van der Waals surface area contributed by atoms with Crippen molar-refractivity contribution in [1.29, 1.82) is 0 Å². The van der Waals surface area contributed by atoms with Gasteiger partial charge in [-0.2, -0.15) is 0 Å². The third-order valence-electron chi connectivity index (χ3n) is 14.3. The van der Waals surface area contributed by atoms with Crippen LogP contribution in [0.4, 0.5) is 11.4 Å². The Morgan fingerprint density at radius 1 is 0.677 bits per heavy atom. The van der Waals surface area contributed by atoms with E-state index < -0.39 is 0 Å². The number of hydrogen-bond acceptors (Lipinski definition) is 4. The Hall–Kier alpha value is -6.95. The van der Waals surface area contributed by atoms with Crippen molar-refractivity contribution in [3.63, 3.8) is 0 Å². The lowest BCUT2D eigenvalue weighted by molar-refractivity contribution is 0.344. The molecule has 5 heteroatoms. The Balaban J connectivity index is 0.982. The number of benzene rings is 6. The van der Waals surface area contributed by atoms with Crippen LogP contribution in [0.25, 0.3) is 38.7 Å². The third-order valence-corrected chi connectivity index (χ3v) is 14.3. The van der Waals surface area contributed by atoms with Gasteiger partial charge >= 0.3 is 0 Å². The van der Waals surface area contributed by atoms with Crippen LogP contribution in [0.1, 0.15) is 71.6 Å². The fraction of sp³-hybridized carbons (Fsp3) is 0.175. The molecule has 5 atom stereocenters. The molecule has 5 nitrogen and oxygen atoms in total. The van der Waals surface area contributed by atoms with Crippen molar-refractivity contribution in [2.75, 3.05) is 4.90 Å². The number of aliphatic imine (C=N–C) groups is 1. The Kier molecular flexibility index (Phi) is 8.26. The van der Waals surface area contributed by atoms with E-state index in [-0.39, 0.29) is 24.3 Å². The zero-order valence-electron chi connectivity index (χ0n) is 34.6. The maximum Gasteiger partial charge on any atom is 0.131 e. The highest BCUT2D eigenvalue weighted by Gasteiger charge is 2.48. The van der Waals surface area contributed by atoms with Crippen LogP contribution in [0.15, 0.2) is 198 Å². The summed E-state index contributed by atoms with van der Waals surface area (Å²) in [6, 6.07) is 47.7. The number of para-hydroxylation sites is 2. The highest BCUT2D eigenvalue weighted by atomic mass is 15.3. The van der Waals surface area contributed by atoms with E-state index in [1.54, 1.807) is 0 Å². The number of allylic oxidation sites excluding steroid dienone is 10. The molecule has 0 spiro atoms. The largest absolute Gasteiger partial charge is 0.350 e. The van der Waals surface area contributed by atoms with Gasteiger partial charge in [-0.15, -0.1) is 0 Å². The molecular formula is C57H47N5. The number of nitrogens with zero attached hydrogens (tertiary/aromatic N) is 3. The van der Waals surface area contributed by atoms with Gasteiger partial charge in [0, 0.05) is 56.0 Å². The Bertz CT molecular complexity index is 3210. The molecule has 3 heterocycles. The van der Waals surface area contributed by atoms with Crippen LogP contribution in [0.3, 0.4) is 0 Å². The quantitative estimate of drug-likeness (QED) is 0.182. The summed E-state index contributed by atoms with van der Waals surface area (Å²) in [6.07, 6.45) is 26.0. The summed E-state index contributed by atoms with van der Waals surface area (Å²) in [5, 5.41) is 12.9. The Labute approximate surface area is 362 Å². The summed E-state index contributed by atoms with van der Waals surface area (Å²) in [5.74, 6) is 1.39. The molecule has 5 unspecified atom stereocenters. The molecule has 62 heavy (non-hydrogen) atoms. The van der Waals surface area contributed by atoms with Gasteiger partial charge in [-0.25, -0.2) is 4.99 Å². The normalized spacial score (nSPS) is 23.5. The second-order valence-corrected chi connectivity index (χ2v) is 17.7. The van der Waals surface area contributed by atoms with Crippen LogP contribution in [0.2, 0.25) is 0 Å². The molecule has 6 aliphatic rings. The number of amidine groups is 1. The van der Waals surface area contributed by atoms with Crippen molar-refractivity contribution < 1.29 is 0 Å². The summed E-state index contributed by atoms with van der Waals surface area (Å²) in [7, 11) is 0. The van der Waals surface area contributed by atoms with Crippen LogP contribution in [-0.4, -0.2) is 16.6 Å². The van der Waals surface area contributed by atoms with Crippen molar-refractivity contribution in [1.82, 2.24) is 15.2 Å². The van der Waals surface area contributed by atoms with Crippen molar-refractivity contribution in [2.45, 2.75) is 56.4 Å². The van der Waals surface area contributed by atoms with E-state index in [0.29, 0.717) is 5.92 Å². The van der Waals surface area contributed by atoms with Gasteiger partial charge in [0.1, 0.15) is 18.2 Å². The molecule has 7 aromatic rings. The third kappa shape index (κ3) is 5.54. The number of rotatable bonds is 5. The van der Waals surface area contributed by atoms with E-state index in [4.69, 9.17) is 4.99 Å². The number of nitrogens with one attached hydrogen (secondary N) is 2. The first-order valence-corrected chi connectivity index (χ1v) is 22.5. The summed E-state index contributed by atoms with van der Waals surface area (Å²) < 4.78 is 2.79. The first-order valence-electron chi connectivity index (χ1n) is 22.5. The second kappa shape index (κ2) is 14.3. The molecule has 0 fully saturated rings. The number of aromatic nitrogens is 1. The van der Waals surface area contributed by atoms with E-state index in [2.05, 4.69) is 202 Å². The molecule has 13 rings (SSSR count). The van der Waals surface area contributed by atoms with Gasteiger partial charge in [0.25, 0.3) is 0 Å². The SMILES string of the molecule is C1=CCCC(C2N=C(c3ccccc3)NC(c3ccc4cccc(N5C6=CC7=CC=CCC7C(n7c8ccccc8c8ccc9c(c87)C=CCC9)C6c6ccccc65)c4c3)N2)=C1. The fourth-order valence-corrected chi connectivity index (χ4v) is 11.5. The zero-order chi connectivity index (χ0) is 40.7. The van der Waals surface area contributed by atoms with Gasteiger partial charge in [-0.1, -0.05) is 152 Å². The lowest BCUT2D eigenvalue weighted by Gasteiger charge is -2.41. The maximum absolute atomic E-state index is 5.25. The smallest absolute Gasteiger partial charge is 0.131 e. The second-order valence-electron chi connectivity index (χ2n) is 17.7. The zero-order valence-corrected chi connectivity index (χ0v) is 34.6. The summed E-state index contributed by atoms with van der Waals surface area (Å²) in [6.45, 7) is 0. The number of aryl methyl sites for hydroxylation is 1. The first kappa shape index (κ1) is 35.8. The molecule has 0 saturated heterocycles. The minimum atomic E-state index is -0.135. The molecule has 0 bridgehead atoms. The van der Waals surface area contributed by atoms with E-state index in [0.717, 1.165) is 43.5 Å². The van der Waals surface area contributed by atoms with E-state index >= 15 is 0 Å². The highest BCUT2D eigenvalue weighted by Crippen LogP contribution is 2.60. The number of hydrogen-bond donors (Lipinski definition) is 2. The van der Waals surface area contributed by atoms with Gasteiger partial charge in [0.15, 0.2) is 0 Å². The van der Waals surface area contributed by atoms with Crippen LogP contribution in [-0.2, 0) is 6.42 Å². The van der Waals surface area contributed by atoms with E-state index in [9.17, 15) is 0 Å². The summed E-state index contributed by atoms with van der Waals surface area (Å²) >= 11 is 0. The maximum atomic E-state index is 5.25. The average molecular weight is 802 g/mol. The van der Waals surface area contributed by atoms with E-state index in [1.807, 2.05) is 0 Å². The molecule has 1 aromatic heterocycles. The minimum absolute atomic E-state index is 0.115. The molecule has 2 N–H and O–H groups in total.